The fourth-order valence-electron chi connectivity index (χ4n) is 3.60. The van der Waals surface area contributed by atoms with Gasteiger partial charge in [0.2, 0.25) is 0 Å². The van der Waals surface area contributed by atoms with Crippen molar-refractivity contribution in [2.24, 2.45) is 0 Å². The summed E-state index contributed by atoms with van der Waals surface area (Å²) in [5, 5.41) is 9.29. The lowest BCUT2D eigenvalue weighted by atomic mass is 9.92. The Bertz CT molecular complexity index is 1140. The van der Waals surface area contributed by atoms with Crippen LogP contribution in [0, 0.1) is 11.3 Å². The molecule has 2 aromatic rings. The number of aryl methyl sites for hydroxylation is 1. The van der Waals surface area contributed by atoms with E-state index in [1.54, 1.807) is 30.3 Å². The molecular formula is C23H24N2O4S. The highest BCUT2D eigenvalue weighted by Crippen LogP contribution is 2.34. The molecule has 0 unspecified atom stereocenters. The Kier molecular flexibility index (Phi) is 6.58. The second-order valence-corrected chi connectivity index (χ2v) is 8.77. The van der Waals surface area contributed by atoms with E-state index in [1.807, 2.05) is 6.92 Å². The largest absolute Gasteiger partial charge is 0.465 e. The minimum atomic E-state index is -4.00. The summed E-state index contributed by atoms with van der Waals surface area (Å²) in [6, 6.07) is 11.6. The van der Waals surface area contributed by atoms with Gasteiger partial charge in [-0.25, -0.2) is 13.2 Å². The third-order valence-corrected chi connectivity index (χ3v) is 6.64. The Balaban J connectivity index is 2.08. The molecule has 0 heterocycles. The minimum Gasteiger partial charge on any atom is -0.465 e. The zero-order valence-electron chi connectivity index (χ0n) is 17.1. The molecule has 0 fully saturated rings. The van der Waals surface area contributed by atoms with Crippen molar-refractivity contribution >= 4 is 27.3 Å². The number of rotatable bonds is 6. The molecule has 0 saturated carbocycles. The van der Waals surface area contributed by atoms with Gasteiger partial charge in [0, 0.05) is 5.56 Å². The summed E-state index contributed by atoms with van der Waals surface area (Å²) in [6.07, 6.45) is 6.56. The normalized spacial score (nSPS) is 13.8. The molecule has 1 N–H and O–H groups in total. The number of carbonyl (C=O) groups is 1. The Labute approximate surface area is 177 Å². The summed E-state index contributed by atoms with van der Waals surface area (Å²) >= 11 is 0. The monoisotopic (exact) mass is 424 g/mol. The van der Waals surface area contributed by atoms with E-state index in [0.29, 0.717) is 23.2 Å². The number of nitrogens with zero attached hydrogens (tertiary/aromatic N) is 1. The highest BCUT2D eigenvalue weighted by Gasteiger charge is 2.23. The van der Waals surface area contributed by atoms with Crippen LogP contribution in [-0.2, 0) is 21.2 Å². The van der Waals surface area contributed by atoms with E-state index >= 15 is 0 Å². The molecule has 1 aliphatic rings. The Hall–Kier alpha value is -3.11. The molecule has 0 radical (unpaired) electrons. The molecule has 6 nitrogen and oxygen atoms in total. The highest BCUT2D eigenvalue weighted by atomic mass is 32.2. The summed E-state index contributed by atoms with van der Waals surface area (Å²) in [4.78, 5) is 11.9. The number of hydrogen-bond acceptors (Lipinski definition) is 5. The van der Waals surface area contributed by atoms with E-state index in [1.165, 1.54) is 13.2 Å². The average molecular weight is 425 g/mol. The van der Waals surface area contributed by atoms with Crippen LogP contribution in [0.4, 0.5) is 5.69 Å². The number of benzene rings is 2. The molecule has 0 amide bonds. The molecule has 0 aromatic heterocycles. The zero-order valence-corrected chi connectivity index (χ0v) is 17.9. The van der Waals surface area contributed by atoms with Crippen LogP contribution >= 0.6 is 0 Å². The number of hydrogen-bond donors (Lipinski definition) is 1. The van der Waals surface area contributed by atoms with E-state index in [2.05, 4.69) is 16.9 Å². The third kappa shape index (κ3) is 4.55. The maximum atomic E-state index is 13.3. The topological polar surface area (TPSA) is 96.3 Å². The zero-order chi connectivity index (χ0) is 21.7. The van der Waals surface area contributed by atoms with Crippen molar-refractivity contribution in [2.75, 3.05) is 11.8 Å². The maximum absolute atomic E-state index is 13.3. The first-order chi connectivity index (χ1) is 14.4. The van der Waals surface area contributed by atoms with Gasteiger partial charge in [-0.3, -0.25) is 4.72 Å². The van der Waals surface area contributed by atoms with Crippen molar-refractivity contribution in [3.63, 3.8) is 0 Å². The van der Waals surface area contributed by atoms with Crippen LogP contribution in [0.15, 0.2) is 47.4 Å². The van der Waals surface area contributed by atoms with Gasteiger partial charge in [-0.15, -0.1) is 0 Å². The summed E-state index contributed by atoms with van der Waals surface area (Å²) < 4.78 is 34.0. The van der Waals surface area contributed by atoms with Crippen molar-refractivity contribution in [1.82, 2.24) is 0 Å². The molecule has 0 atom stereocenters. The number of esters is 1. The molecule has 7 heteroatoms. The molecule has 30 heavy (non-hydrogen) atoms. The summed E-state index contributed by atoms with van der Waals surface area (Å²) in [7, 11) is -2.75. The first kappa shape index (κ1) is 21.6. The van der Waals surface area contributed by atoms with Gasteiger partial charge < -0.3 is 4.74 Å². The lowest BCUT2D eigenvalue weighted by molar-refractivity contribution is 0.0600. The van der Waals surface area contributed by atoms with Crippen LogP contribution in [0.25, 0.3) is 5.57 Å². The molecule has 2 aromatic carbocycles. The van der Waals surface area contributed by atoms with E-state index in [-0.39, 0.29) is 10.5 Å². The van der Waals surface area contributed by atoms with Gasteiger partial charge in [-0.2, -0.15) is 5.26 Å². The smallest absolute Gasteiger partial charge is 0.337 e. The van der Waals surface area contributed by atoms with E-state index < -0.39 is 16.0 Å². The Morgan fingerprint density at radius 1 is 1.20 bits per heavy atom. The fourth-order valence-corrected chi connectivity index (χ4v) is 5.01. The number of nitrogens with one attached hydrogen (secondary N) is 1. The van der Waals surface area contributed by atoms with Crippen LogP contribution in [0.1, 0.15) is 59.7 Å². The highest BCUT2D eigenvalue weighted by molar-refractivity contribution is 7.92. The predicted molar refractivity (Wildman–Crippen MR) is 116 cm³/mol. The molecule has 156 valence electrons. The standard InChI is InChI=1S/C23H24N2O4S/c1-3-17-10-11-19(23(26)29-2)14-22(17)30(27,28)25-21-13-16(15-24)9-12-20(21)18-7-5-4-6-8-18/h7,9-14,25H,3-6,8H2,1-2H3. The Morgan fingerprint density at radius 3 is 2.63 bits per heavy atom. The fraction of sp³-hybridized carbons (Fsp3) is 0.304. The van der Waals surface area contributed by atoms with E-state index in [4.69, 9.17) is 4.74 Å². The SMILES string of the molecule is CCc1ccc(C(=O)OC)cc1S(=O)(=O)Nc1cc(C#N)ccc1C1=CCCCC1. The maximum Gasteiger partial charge on any atom is 0.337 e. The lowest BCUT2D eigenvalue weighted by Gasteiger charge is -2.19. The number of anilines is 1. The van der Waals surface area contributed by atoms with Crippen molar-refractivity contribution in [3.8, 4) is 6.07 Å². The van der Waals surface area contributed by atoms with Gasteiger partial charge in [-0.1, -0.05) is 25.1 Å². The van der Waals surface area contributed by atoms with Crippen LogP contribution in [0.3, 0.4) is 0 Å². The van der Waals surface area contributed by atoms with Gasteiger partial charge in [0.1, 0.15) is 0 Å². The second-order valence-electron chi connectivity index (χ2n) is 7.12. The number of sulfonamides is 1. The second kappa shape index (κ2) is 9.14. The molecule has 0 bridgehead atoms. The minimum absolute atomic E-state index is 0.0267. The van der Waals surface area contributed by atoms with Crippen molar-refractivity contribution in [3.05, 3.63) is 64.7 Å². The molecule has 0 aliphatic heterocycles. The van der Waals surface area contributed by atoms with Crippen molar-refractivity contribution in [1.29, 1.82) is 5.26 Å². The van der Waals surface area contributed by atoms with E-state index in [9.17, 15) is 18.5 Å². The van der Waals surface area contributed by atoms with Gasteiger partial charge >= 0.3 is 5.97 Å². The number of nitriles is 1. The third-order valence-electron chi connectivity index (χ3n) is 5.19. The van der Waals surface area contributed by atoms with Gasteiger partial charge in [0.05, 0.1) is 34.9 Å². The molecule has 3 rings (SSSR count). The van der Waals surface area contributed by atoms with E-state index in [0.717, 1.165) is 36.8 Å². The van der Waals surface area contributed by atoms with Crippen LogP contribution in [0.5, 0.6) is 0 Å². The predicted octanol–water partition coefficient (Wildman–Crippen LogP) is 4.67. The number of methoxy groups -OCH3 is 1. The lowest BCUT2D eigenvalue weighted by Crippen LogP contribution is -2.17. The van der Waals surface area contributed by atoms with Gasteiger partial charge in [0.15, 0.2) is 0 Å². The molecule has 1 aliphatic carbocycles. The first-order valence-corrected chi connectivity index (χ1v) is 11.4. The van der Waals surface area contributed by atoms with Crippen LogP contribution < -0.4 is 4.72 Å². The first-order valence-electron chi connectivity index (χ1n) is 9.87. The number of ether oxygens (including phenoxy) is 1. The van der Waals surface area contributed by atoms with Crippen LogP contribution in [-0.4, -0.2) is 21.5 Å². The Morgan fingerprint density at radius 2 is 2.00 bits per heavy atom. The summed E-state index contributed by atoms with van der Waals surface area (Å²) in [6.45, 7) is 1.85. The molecule has 0 saturated heterocycles. The van der Waals surface area contributed by atoms with Crippen LogP contribution in [0.2, 0.25) is 0 Å². The molecule has 0 spiro atoms. The van der Waals surface area contributed by atoms with Gasteiger partial charge in [0.25, 0.3) is 10.0 Å². The van der Waals surface area contributed by atoms with Crippen molar-refractivity contribution in [2.45, 2.75) is 43.9 Å². The number of carbonyl (C=O) groups excluding carboxylic acids is 1. The molecular weight excluding hydrogens is 400 g/mol. The van der Waals surface area contributed by atoms with Crippen molar-refractivity contribution < 1.29 is 17.9 Å². The summed E-state index contributed by atoms with van der Waals surface area (Å²) in [5.41, 5.74) is 3.34. The number of allylic oxidation sites excluding steroid dienone is 2. The van der Waals surface area contributed by atoms with Gasteiger partial charge in [-0.05, 0) is 67.5 Å². The average Bonchev–Trinajstić information content (AvgIpc) is 2.78. The summed E-state index contributed by atoms with van der Waals surface area (Å²) in [5.74, 6) is -0.603. The quantitative estimate of drug-likeness (QED) is 0.680.